The van der Waals surface area contributed by atoms with Crippen molar-refractivity contribution < 1.29 is 28.6 Å². The van der Waals surface area contributed by atoms with E-state index < -0.39 is 42.0 Å². The quantitative estimate of drug-likeness (QED) is 0.461. The van der Waals surface area contributed by atoms with Crippen LogP contribution in [0.4, 0.5) is 4.79 Å². The van der Waals surface area contributed by atoms with Crippen LogP contribution in [-0.4, -0.2) is 69.5 Å². The minimum Gasteiger partial charge on any atom is -0.453 e. The number of hydrogen-bond donors (Lipinski definition) is 3. The van der Waals surface area contributed by atoms with E-state index in [-0.39, 0.29) is 30.2 Å². The van der Waals surface area contributed by atoms with E-state index in [1.165, 1.54) is 12.0 Å². The number of nitrogens with one attached hydrogen (secondary N) is 2. The number of alkyl carbamates (subject to hydrolysis) is 1. The Labute approximate surface area is 206 Å². The first-order chi connectivity index (χ1) is 16.5. The van der Waals surface area contributed by atoms with E-state index in [2.05, 4.69) is 20.5 Å². The van der Waals surface area contributed by atoms with Gasteiger partial charge in [-0.1, -0.05) is 41.5 Å². The van der Waals surface area contributed by atoms with Gasteiger partial charge in [-0.05, 0) is 31.6 Å². The predicted octanol–water partition coefficient (Wildman–Crippen LogP) is 1.43. The Hall–Kier alpha value is -2.89. The second-order valence-corrected chi connectivity index (χ2v) is 8.79. The third-order valence-corrected chi connectivity index (χ3v) is 5.77. The lowest BCUT2D eigenvalue weighted by Crippen LogP contribution is -2.56. The molecule has 4 unspecified atom stereocenters. The van der Waals surface area contributed by atoms with Gasteiger partial charge in [0.05, 0.1) is 13.2 Å². The second-order valence-electron chi connectivity index (χ2n) is 8.79. The lowest BCUT2D eigenvalue weighted by Gasteiger charge is -2.32. The first-order valence-corrected chi connectivity index (χ1v) is 12.2. The number of rotatable bonds is 9. The highest BCUT2D eigenvalue weighted by Crippen LogP contribution is 2.24. The van der Waals surface area contributed by atoms with Gasteiger partial charge in [-0.2, -0.15) is 4.68 Å². The maximum atomic E-state index is 13.2. The van der Waals surface area contributed by atoms with Crippen LogP contribution in [0.3, 0.4) is 0 Å². The summed E-state index contributed by atoms with van der Waals surface area (Å²) in [6, 6.07) is -2.40. The fraction of sp³-hybridized carbons (Fsp3) is 0.783. The molecule has 1 aliphatic rings. The number of methoxy groups -OCH3 is 1. The molecule has 1 saturated heterocycles. The van der Waals surface area contributed by atoms with E-state index in [9.17, 15) is 24.3 Å². The third kappa shape index (κ3) is 7.55. The number of amides is 3. The Morgan fingerprint density at radius 2 is 1.80 bits per heavy atom. The lowest BCUT2D eigenvalue weighted by molar-refractivity contribution is -0.141. The summed E-state index contributed by atoms with van der Waals surface area (Å²) in [6.45, 7) is 13.5. The van der Waals surface area contributed by atoms with Crippen LogP contribution in [0.15, 0.2) is 9.21 Å². The molecule has 1 aromatic heterocycles. The van der Waals surface area contributed by atoms with Crippen LogP contribution in [0.5, 0.6) is 0 Å². The van der Waals surface area contributed by atoms with Gasteiger partial charge in [0.1, 0.15) is 12.1 Å². The average molecular weight is 500 g/mol. The maximum absolute atomic E-state index is 13.2. The van der Waals surface area contributed by atoms with Crippen LogP contribution in [0, 0.1) is 11.8 Å². The number of ether oxygens (including phenoxy) is 1. The Morgan fingerprint density at radius 1 is 1.17 bits per heavy atom. The van der Waals surface area contributed by atoms with Crippen molar-refractivity contribution >= 4 is 17.9 Å². The van der Waals surface area contributed by atoms with Gasteiger partial charge in [-0.25, -0.2) is 9.59 Å². The number of carbonyl (C=O) groups is 3. The van der Waals surface area contributed by atoms with Crippen molar-refractivity contribution in [2.45, 2.75) is 92.1 Å². The van der Waals surface area contributed by atoms with Gasteiger partial charge in [0.15, 0.2) is 6.10 Å². The summed E-state index contributed by atoms with van der Waals surface area (Å²) in [5.41, 5.74) is 0. The summed E-state index contributed by atoms with van der Waals surface area (Å²) in [5, 5.41) is 20.1. The van der Waals surface area contributed by atoms with Crippen LogP contribution in [0.25, 0.3) is 0 Å². The fourth-order valence-electron chi connectivity index (χ4n) is 3.85. The molecule has 3 amide bonds. The Morgan fingerprint density at radius 3 is 2.29 bits per heavy atom. The largest absolute Gasteiger partial charge is 0.453 e. The number of aliphatic hydroxyl groups is 1. The molecule has 1 aromatic rings. The number of aliphatic hydroxyl groups excluding tert-OH is 1. The SMILES string of the molecule is CC.CCn1nc(C(O)C(NC(=O)C2CCCN2C(=O)C(NC(=O)OC)C(C)C)C(C)C)oc1=O. The van der Waals surface area contributed by atoms with Crippen molar-refractivity contribution in [3.8, 4) is 0 Å². The predicted molar refractivity (Wildman–Crippen MR) is 128 cm³/mol. The highest BCUT2D eigenvalue weighted by Gasteiger charge is 2.40. The molecule has 200 valence electrons. The van der Waals surface area contributed by atoms with Gasteiger partial charge < -0.3 is 29.8 Å². The zero-order valence-electron chi connectivity index (χ0n) is 22.0. The first-order valence-electron chi connectivity index (χ1n) is 12.2. The highest BCUT2D eigenvalue weighted by molar-refractivity contribution is 5.92. The number of carbonyl (C=O) groups excluding carboxylic acids is 3. The molecule has 0 aromatic carbocycles. The van der Waals surface area contributed by atoms with Crippen LogP contribution < -0.4 is 16.4 Å². The molecule has 3 N–H and O–H groups in total. The zero-order valence-corrected chi connectivity index (χ0v) is 22.0. The Balaban J connectivity index is 0.00000298. The normalized spacial score (nSPS) is 17.9. The fourth-order valence-corrected chi connectivity index (χ4v) is 3.85. The van der Waals surface area contributed by atoms with Crippen molar-refractivity contribution in [3.05, 3.63) is 16.4 Å². The van der Waals surface area contributed by atoms with E-state index in [0.717, 1.165) is 4.68 Å². The van der Waals surface area contributed by atoms with Crippen LogP contribution in [0.1, 0.15) is 73.3 Å². The van der Waals surface area contributed by atoms with Crippen molar-refractivity contribution in [2.75, 3.05) is 13.7 Å². The molecule has 2 heterocycles. The standard InChI is InChI=1S/C21H35N5O7.C2H6/c1-7-26-21(31)33-18(24-26)16(27)14(11(2)3)22-17(28)13-9-8-10-25(13)19(29)15(12(4)5)23-20(30)32-6;1-2/h11-16,27H,7-10H2,1-6H3,(H,22,28)(H,23,30);1-2H3. The van der Waals surface area contributed by atoms with Crippen molar-refractivity contribution in [3.63, 3.8) is 0 Å². The van der Waals surface area contributed by atoms with Crippen LogP contribution in [-0.2, 0) is 20.9 Å². The Kier molecular flexibility index (Phi) is 11.9. The number of nitrogens with zero attached hydrogens (tertiary/aromatic N) is 3. The highest BCUT2D eigenvalue weighted by atomic mass is 16.5. The zero-order chi connectivity index (χ0) is 26.9. The van der Waals surface area contributed by atoms with E-state index in [1.807, 2.05) is 13.8 Å². The van der Waals surface area contributed by atoms with Gasteiger partial charge in [-0.15, -0.1) is 5.10 Å². The third-order valence-electron chi connectivity index (χ3n) is 5.77. The molecule has 0 aliphatic carbocycles. The van der Waals surface area contributed by atoms with Crippen molar-refractivity contribution in [1.29, 1.82) is 0 Å². The monoisotopic (exact) mass is 499 g/mol. The molecule has 0 radical (unpaired) electrons. The number of hydrogen-bond acceptors (Lipinski definition) is 8. The van der Waals surface area contributed by atoms with Gasteiger partial charge in [0.2, 0.25) is 17.7 Å². The molecule has 0 bridgehead atoms. The maximum Gasteiger partial charge on any atom is 0.437 e. The molecule has 1 aliphatic heterocycles. The van der Waals surface area contributed by atoms with E-state index in [0.29, 0.717) is 19.4 Å². The minimum absolute atomic E-state index is 0.178. The Bertz CT molecular complexity index is 895. The van der Waals surface area contributed by atoms with Gasteiger partial charge in [0, 0.05) is 13.1 Å². The second kappa shape index (κ2) is 13.9. The number of aryl methyl sites for hydroxylation is 1. The topological polar surface area (TPSA) is 156 Å². The summed E-state index contributed by atoms with van der Waals surface area (Å²) < 4.78 is 10.7. The molecule has 4 atom stereocenters. The molecule has 0 saturated carbocycles. The average Bonchev–Trinajstić information content (AvgIpc) is 3.47. The number of aromatic nitrogens is 2. The molecule has 0 spiro atoms. The lowest BCUT2D eigenvalue weighted by atomic mass is 9.97. The van der Waals surface area contributed by atoms with Crippen LogP contribution in [0.2, 0.25) is 0 Å². The molecule has 12 heteroatoms. The summed E-state index contributed by atoms with van der Waals surface area (Å²) in [6.07, 6.45) is -0.999. The minimum atomic E-state index is -1.34. The molecule has 12 nitrogen and oxygen atoms in total. The summed E-state index contributed by atoms with van der Waals surface area (Å²) in [5.74, 6) is -2.12. The number of likely N-dealkylation sites (tertiary alicyclic amines) is 1. The molecule has 35 heavy (non-hydrogen) atoms. The van der Waals surface area contributed by atoms with E-state index in [1.54, 1.807) is 34.6 Å². The smallest absolute Gasteiger partial charge is 0.437 e. The molecular formula is C23H41N5O7. The van der Waals surface area contributed by atoms with Gasteiger partial charge in [0.25, 0.3) is 0 Å². The van der Waals surface area contributed by atoms with Gasteiger partial charge >= 0.3 is 11.8 Å². The van der Waals surface area contributed by atoms with E-state index in [4.69, 9.17) is 4.42 Å². The summed E-state index contributed by atoms with van der Waals surface area (Å²) in [7, 11) is 1.21. The first kappa shape index (κ1) is 30.1. The summed E-state index contributed by atoms with van der Waals surface area (Å²) >= 11 is 0. The molecule has 1 fully saturated rings. The molecule has 2 rings (SSSR count). The van der Waals surface area contributed by atoms with Crippen molar-refractivity contribution in [2.24, 2.45) is 11.8 Å². The molecular weight excluding hydrogens is 458 g/mol. The van der Waals surface area contributed by atoms with Gasteiger partial charge in [-0.3, -0.25) is 9.59 Å². The van der Waals surface area contributed by atoms with E-state index >= 15 is 0 Å². The van der Waals surface area contributed by atoms with Crippen LogP contribution >= 0.6 is 0 Å². The summed E-state index contributed by atoms with van der Waals surface area (Å²) in [4.78, 5) is 51.3. The van der Waals surface area contributed by atoms with Crippen molar-refractivity contribution in [1.82, 2.24) is 25.3 Å².